The number of benzene rings is 1. The zero-order chi connectivity index (χ0) is 11.7. The molecular weight excluding hydrogens is 194 g/mol. The molecule has 2 atom stereocenters. The van der Waals surface area contributed by atoms with Gasteiger partial charge in [-0.15, -0.1) is 0 Å². The van der Waals surface area contributed by atoms with E-state index in [9.17, 15) is 0 Å². The van der Waals surface area contributed by atoms with Gasteiger partial charge in [0.25, 0.3) is 0 Å². The van der Waals surface area contributed by atoms with E-state index >= 15 is 0 Å². The Balaban J connectivity index is 2.29. The van der Waals surface area contributed by atoms with Crippen LogP contribution in [0.5, 0.6) is 0 Å². The average Bonchev–Trinajstić information content (AvgIpc) is 2.23. The summed E-state index contributed by atoms with van der Waals surface area (Å²) in [6.07, 6.45) is 3.96. The summed E-state index contributed by atoms with van der Waals surface area (Å²) in [5, 5.41) is 3.72. The minimum Gasteiger partial charge on any atom is -0.307 e. The van der Waals surface area contributed by atoms with Crippen LogP contribution in [0.4, 0.5) is 0 Å². The molecule has 0 saturated carbocycles. The Kier molecular flexibility index (Phi) is 3.34. The fraction of sp³-hybridized carbons (Fsp3) is 0.600. The molecule has 0 bridgehead atoms. The lowest BCUT2D eigenvalue weighted by molar-refractivity contribution is 0.340. The van der Waals surface area contributed by atoms with Crippen molar-refractivity contribution < 1.29 is 0 Å². The molecule has 1 aliphatic rings. The van der Waals surface area contributed by atoms with Gasteiger partial charge < -0.3 is 5.32 Å². The van der Waals surface area contributed by atoms with E-state index < -0.39 is 0 Å². The molecule has 0 aromatic heterocycles. The van der Waals surface area contributed by atoms with Crippen molar-refractivity contribution in [2.45, 2.75) is 59.0 Å². The van der Waals surface area contributed by atoms with E-state index in [1.807, 2.05) is 0 Å². The topological polar surface area (TPSA) is 12.0 Å². The Morgan fingerprint density at radius 3 is 2.38 bits per heavy atom. The van der Waals surface area contributed by atoms with Crippen molar-refractivity contribution >= 4 is 0 Å². The first-order valence-electron chi connectivity index (χ1n) is 6.41. The highest BCUT2D eigenvalue weighted by atomic mass is 15.0. The molecule has 1 fully saturated rings. The maximum absolute atomic E-state index is 3.72. The SMILES string of the molecule is Cc1cc(C)c(C2CCCC(C)N2)cc1C. The van der Waals surface area contributed by atoms with Crippen molar-refractivity contribution in [3.63, 3.8) is 0 Å². The van der Waals surface area contributed by atoms with Crippen LogP contribution < -0.4 is 5.32 Å². The van der Waals surface area contributed by atoms with Crippen molar-refractivity contribution in [1.29, 1.82) is 0 Å². The molecule has 2 rings (SSSR count). The number of hydrogen-bond donors (Lipinski definition) is 1. The molecule has 1 heteroatoms. The Labute approximate surface area is 99.3 Å². The van der Waals surface area contributed by atoms with Crippen molar-refractivity contribution in [2.24, 2.45) is 0 Å². The van der Waals surface area contributed by atoms with Crippen LogP contribution in [0.25, 0.3) is 0 Å². The third-order valence-corrected chi connectivity index (χ3v) is 3.87. The average molecular weight is 217 g/mol. The molecule has 0 aliphatic carbocycles. The van der Waals surface area contributed by atoms with E-state index in [4.69, 9.17) is 0 Å². The van der Waals surface area contributed by atoms with Gasteiger partial charge in [0.05, 0.1) is 0 Å². The van der Waals surface area contributed by atoms with Crippen LogP contribution in [0.1, 0.15) is 54.5 Å². The zero-order valence-corrected chi connectivity index (χ0v) is 10.9. The number of aryl methyl sites for hydroxylation is 3. The molecular formula is C15H23N. The van der Waals surface area contributed by atoms with E-state index in [0.717, 1.165) is 0 Å². The molecule has 0 spiro atoms. The quantitative estimate of drug-likeness (QED) is 0.754. The van der Waals surface area contributed by atoms with E-state index in [2.05, 4.69) is 45.1 Å². The van der Waals surface area contributed by atoms with Crippen LogP contribution in [0.15, 0.2) is 12.1 Å². The molecule has 1 nitrogen and oxygen atoms in total. The van der Waals surface area contributed by atoms with E-state index in [-0.39, 0.29) is 0 Å². The lowest BCUT2D eigenvalue weighted by Crippen LogP contribution is -2.34. The highest BCUT2D eigenvalue weighted by Gasteiger charge is 2.20. The molecule has 0 radical (unpaired) electrons. The van der Waals surface area contributed by atoms with Crippen molar-refractivity contribution in [3.05, 3.63) is 34.4 Å². The number of nitrogens with one attached hydrogen (secondary N) is 1. The van der Waals surface area contributed by atoms with E-state index in [1.165, 1.54) is 41.5 Å². The van der Waals surface area contributed by atoms with Gasteiger partial charge in [-0.1, -0.05) is 18.6 Å². The predicted molar refractivity (Wildman–Crippen MR) is 69.8 cm³/mol. The normalized spacial score (nSPS) is 25.8. The molecule has 0 amide bonds. The van der Waals surface area contributed by atoms with Gasteiger partial charge in [0, 0.05) is 12.1 Å². The Morgan fingerprint density at radius 2 is 1.69 bits per heavy atom. The summed E-state index contributed by atoms with van der Waals surface area (Å²) < 4.78 is 0. The van der Waals surface area contributed by atoms with Crippen molar-refractivity contribution in [3.8, 4) is 0 Å². The lowest BCUT2D eigenvalue weighted by atomic mass is 9.89. The van der Waals surface area contributed by atoms with Gasteiger partial charge in [0.2, 0.25) is 0 Å². The summed E-state index contributed by atoms with van der Waals surface area (Å²) in [7, 11) is 0. The number of hydrogen-bond acceptors (Lipinski definition) is 1. The summed E-state index contributed by atoms with van der Waals surface area (Å²) in [6.45, 7) is 8.94. The second-order valence-electron chi connectivity index (χ2n) is 5.34. The van der Waals surface area contributed by atoms with Crippen LogP contribution in [0.2, 0.25) is 0 Å². The fourth-order valence-corrected chi connectivity index (χ4v) is 2.74. The Hall–Kier alpha value is -0.820. The predicted octanol–water partition coefficient (Wildman–Crippen LogP) is 3.81. The van der Waals surface area contributed by atoms with Gasteiger partial charge in [-0.2, -0.15) is 0 Å². The molecule has 16 heavy (non-hydrogen) atoms. The van der Waals surface area contributed by atoms with Gasteiger partial charge >= 0.3 is 0 Å². The van der Waals surface area contributed by atoms with Crippen LogP contribution in [-0.4, -0.2) is 6.04 Å². The van der Waals surface area contributed by atoms with Crippen LogP contribution in [0.3, 0.4) is 0 Å². The third kappa shape index (κ3) is 2.30. The monoisotopic (exact) mass is 217 g/mol. The molecule has 88 valence electrons. The van der Waals surface area contributed by atoms with Gasteiger partial charge in [0.1, 0.15) is 0 Å². The zero-order valence-electron chi connectivity index (χ0n) is 10.9. The standard InChI is InChI=1S/C15H23N/c1-10-8-12(3)14(9-11(10)2)15-7-5-6-13(4)16-15/h8-9,13,15-16H,5-7H2,1-4H3. The second kappa shape index (κ2) is 4.58. The molecule has 1 saturated heterocycles. The fourth-order valence-electron chi connectivity index (χ4n) is 2.74. The summed E-state index contributed by atoms with van der Waals surface area (Å²) in [5.74, 6) is 0. The van der Waals surface area contributed by atoms with Crippen molar-refractivity contribution in [2.75, 3.05) is 0 Å². The van der Waals surface area contributed by atoms with Gasteiger partial charge in [-0.3, -0.25) is 0 Å². The summed E-state index contributed by atoms with van der Waals surface area (Å²) in [5.41, 5.74) is 5.77. The maximum atomic E-state index is 3.72. The largest absolute Gasteiger partial charge is 0.307 e. The smallest absolute Gasteiger partial charge is 0.0325 e. The first-order chi connectivity index (χ1) is 7.58. The van der Waals surface area contributed by atoms with E-state index in [0.29, 0.717) is 12.1 Å². The third-order valence-electron chi connectivity index (χ3n) is 3.87. The molecule has 1 aromatic carbocycles. The first kappa shape index (κ1) is 11.7. The highest BCUT2D eigenvalue weighted by Crippen LogP contribution is 2.29. The molecule has 1 heterocycles. The molecule has 1 aromatic rings. The summed E-state index contributed by atoms with van der Waals surface area (Å²) >= 11 is 0. The summed E-state index contributed by atoms with van der Waals surface area (Å²) in [6, 6.07) is 5.94. The minimum atomic E-state index is 0.572. The van der Waals surface area contributed by atoms with Gasteiger partial charge in [0.15, 0.2) is 0 Å². The molecule has 1 N–H and O–H groups in total. The number of piperidine rings is 1. The van der Waals surface area contributed by atoms with E-state index in [1.54, 1.807) is 0 Å². The summed E-state index contributed by atoms with van der Waals surface area (Å²) in [4.78, 5) is 0. The van der Waals surface area contributed by atoms with Crippen LogP contribution in [0, 0.1) is 20.8 Å². The minimum absolute atomic E-state index is 0.572. The lowest BCUT2D eigenvalue weighted by Gasteiger charge is -2.30. The Morgan fingerprint density at radius 1 is 1.00 bits per heavy atom. The maximum Gasteiger partial charge on any atom is 0.0325 e. The highest BCUT2D eigenvalue weighted by molar-refractivity contribution is 5.38. The first-order valence-corrected chi connectivity index (χ1v) is 6.41. The Bertz CT molecular complexity index is 381. The second-order valence-corrected chi connectivity index (χ2v) is 5.34. The van der Waals surface area contributed by atoms with Gasteiger partial charge in [-0.25, -0.2) is 0 Å². The van der Waals surface area contributed by atoms with Crippen LogP contribution in [-0.2, 0) is 0 Å². The number of rotatable bonds is 1. The van der Waals surface area contributed by atoms with Crippen LogP contribution >= 0.6 is 0 Å². The van der Waals surface area contributed by atoms with Crippen molar-refractivity contribution in [1.82, 2.24) is 5.32 Å². The molecule has 1 aliphatic heterocycles. The molecule has 2 unspecified atom stereocenters. The van der Waals surface area contributed by atoms with Gasteiger partial charge in [-0.05, 0) is 62.8 Å².